The Hall–Kier alpha value is -3.31. The van der Waals surface area contributed by atoms with Crippen LogP contribution in [0.15, 0.2) is 54.3 Å². The van der Waals surface area contributed by atoms with Crippen molar-refractivity contribution in [1.29, 1.82) is 0 Å². The Balaban J connectivity index is 1.19. The number of ether oxygens (including phenoxy) is 1. The number of nitrogens with one attached hydrogen (secondary N) is 1. The second-order valence-electron chi connectivity index (χ2n) is 9.15. The first-order valence-corrected chi connectivity index (χ1v) is 13.2. The molecule has 1 aliphatic rings. The van der Waals surface area contributed by atoms with Gasteiger partial charge in [0.15, 0.2) is 5.82 Å². The fourth-order valence-corrected chi connectivity index (χ4v) is 6.03. The zero-order valence-electron chi connectivity index (χ0n) is 19.7. The van der Waals surface area contributed by atoms with Crippen molar-refractivity contribution < 1.29 is 4.74 Å². The number of benzene rings is 1. The lowest BCUT2D eigenvalue weighted by atomic mass is 9.88. The minimum absolute atomic E-state index is 0.297. The molecule has 5 aromatic rings. The van der Waals surface area contributed by atoms with Crippen molar-refractivity contribution in [3.05, 3.63) is 74.9 Å². The first-order chi connectivity index (χ1) is 17.9. The van der Waals surface area contributed by atoms with Gasteiger partial charge in [-0.2, -0.15) is 5.10 Å². The first kappa shape index (κ1) is 24.1. The van der Waals surface area contributed by atoms with Crippen molar-refractivity contribution in [2.75, 3.05) is 18.0 Å². The lowest BCUT2D eigenvalue weighted by Crippen LogP contribution is -2.68. The number of rotatable bonds is 7. The highest BCUT2D eigenvalue weighted by molar-refractivity contribution is 7.09. The van der Waals surface area contributed by atoms with E-state index in [0.29, 0.717) is 45.8 Å². The number of hydrogen-bond acceptors (Lipinski definition) is 9. The standard InChI is InChI=1S/C25H22Cl2N8OS/c1-14(23-17(26)10-29-11-18(23)27)36-15-2-3-19-16(8-15)24(34-31-19)20-4-5-21(33-32-20)35-12-25(28,13-35)9-22-30-6-7-37-22/h2-8,10-11,14H,9,12-13,28H2,1H3,(H,31,34)/t14-/m1/s1. The van der Waals surface area contributed by atoms with Crippen LogP contribution < -0.4 is 15.4 Å². The number of hydrogen-bond donors (Lipinski definition) is 2. The molecule has 0 amide bonds. The summed E-state index contributed by atoms with van der Waals surface area (Å²) in [5.41, 5.74) is 9.12. The number of nitrogens with two attached hydrogens (primary N) is 1. The van der Waals surface area contributed by atoms with E-state index in [9.17, 15) is 0 Å². The number of nitrogens with zero attached hydrogens (tertiary/aromatic N) is 6. The Morgan fingerprint density at radius 1 is 1.16 bits per heavy atom. The second kappa shape index (κ2) is 9.53. The monoisotopic (exact) mass is 552 g/mol. The van der Waals surface area contributed by atoms with E-state index in [1.165, 1.54) is 0 Å². The SMILES string of the molecule is C[C@@H](Oc1ccc2[nH]nc(-c3ccc(N4CC(N)(Cc5nccs5)C4)nn3)c2c1)c1c(Cl)cncc1Cl. The third kappa shape index (κ3) is 4.73. The average molecular weight is 553 g/mol. The number of anilines is 1. The van der Waals surface area contributed by atoms with Gasteiger partial charge >= 0.3 is 0 Å². The second-order valence-corrected chi connectivity index (χ2v) is 10.9. The van der Waals surface area contributed by atoms with Gasteiger partial charge < -0.3 is 15.4 Å². The van der Waals surface area contributed by atoms with E-state index in [-0.39, 0.29) is 11.6 Å². The average Bonchev–Trinajstić information content (AvgIpc) is 3.52. The zero-order chi connectivity index (χ0) is 25.6. The summed E-state index contributed by atoms with van der Waals surface area (Å²) in [5.74, 6) is 1.43. The van der Waals surface area contributed by atoms with Crippen LogP contribution in [0.1, 0.15) is 23.6 Å². The highest BCUT2D eigenvalue weighted by Gasteiger charge is 2.41. The summed E-state index contributed by atoms with van der Waals surface area (Å²) < 4.78 is 6.16. The Labute approximate surface area is 226 Å². The van der Waals surface area contributed by atoms with Crippen molar-refractivity contribution in [2.45, 2.75) is 25.0 Å². The number of aromatic nitrogens is 6. The number of pyridine rings is 1. The van der Waals surface area contributed by atoms with Crippen LogP contribution in [-0.2, 0) is 6.42 Å². The van der Waals surface area contributed by atoms with Crippen LogP contribution in [0.3, 0.4) is 0 Å². The first-order valence-electron chi connectivity index (χ1n) is 11.6. The van der Waals surface area contributed by atoms with E-state index in [4.69, 9.17) is 33.7 Å². The van der Waals surface area contributed by atoms with Crippen LogP contribution in [0.2, 0.25) is 10.0 Å². The van der Waals surface area contributed by atoms with Crippen LogP contribution in [0.4, 0.5) is 5.82 Å². The van der Waals surface area contributed by atoms with Crippen LogP contribution in [-0.4, -0.2) is 49.0 Å². The molecule has 1 atom stereocenters. The van der Waals surface area contributed by atoms with E-state index >= 15 is 0 Å². The Morgan fingerprint density at radius 2 is 1.97 bits per heavy atom. The van der Waals surface area contributed by atoms with Crippen LogP contribution in [0.5, 0.6) is 5.75 Å². The molecule has 5 heterocycles. The molecular weight excluding hydrogens is 531 g/mol. The Kier molecular flexibility index (Phi) is 6.20. The highest BCUT2D eigenvalue weighted by Crippen LogP contribution is 2.35. The number of fused-ring (bicyclic) bond motifs is 1. The molecule has 1 saturated heterocycles. The number of thiazole rings is 1. The number of aromatic amines is 1. The molecule has 1 aliphatic heterocycles. The highest BCUT2D eigenvalue weighted by atomic mass is 35.5. The van der Waals surface area contributed by atoms with Gasteiger partial charge in [0, 0.05) is 54.4 Å². The largest absolute Gasteiger partial charge is 0.486 e. The molecule has 0 bridgehead atoms. The maximum Gasteiger partial charge on any atom is 0.151 e. The minimum Gasteiger partial charge on any atom is -0.486 e. The molecule has 188 valence electrons. The topological polar surface area (TPSA) is 119 Å². The molecule has 0 spiro atoms. The van der Waals surface area contributed by atoms with Crippen molar-refractivity contribution in [3.8, 4) is 17.1 Å². The Morgan fingerprint density at radius 3 is 2.68 bits per heavy atom. The fourth-order valence-electron chi connectivity index (χ4n) is 4.58. The summed E-state index contributed by atoms with van der Waals surface area (Å²) in [6, 6.07) is 9.56. The van der Waals surface area contributed by atoms with Crippen LogP contribution >= 0.6 is 34.5 Å². The molecule has 9 nitrogen and oxygen atoms in total. The van der Waals surface area contributed by atoms with E-state index in [0.717, 1.165) is 28.1 Å². The van der Waals surface area contributed by atoms with Gasteiger partial charge in [-0.05, 0) is 37.3 Å². The summed E-state index contributed by atoms with van der Waals surface area (Å²) in [4.78, 5) is 10.5. The molecular formula is C25H22Cl2N8OS. The zero-order valence-corrected chi connectivity index (χ0v) is 22.1. The summed E-state index contributed by atoms with van der Waals surface area (Å²) in [5, 5.41) is 21.2. The fraction of sp³-hybridized carbons (Fsp3) is 0.240. The lowest BCUT2D eigenvalue weighted by Gasteiger charge is -2.47. The quantitative estimate of drug-likeness (QED) is 0.287. The van der Waals surface area contributed by atoms with E-state index in [1.54, 1.807) is 23.7 Å². The van der Waals surface area contributed by atoms with Crippen LogP contribution in [0.25, 0.3) is 22.3 Å². The molecule has 6 rings (SSSR count). The van der Waals surface area contributed by atoms with Gasteiger partial charge in [0.05, 0.1) is 26.1 Å². The summed E-state index contributed by atoms with van der Waals surface area (Å²) in [7, 11) is 0. The van der Waals surface area contributed by atoms with Crippen molar-refractivity contribution >= 4 is 51.3 Å². The third-order valence-electron chi connectivity index (χ3n) is 6.36. The third-order valence-corrected chi connectivity index (χ3v) is 7.74. The lowest BCUT2D eigenvalue weighted by molar-refractivity contribution is 0.227. The van der Waals surface area contributed by atoms with E-state index in [1.807, 2.05) is 48.8 Å². The van der Waals surface area contributed by atoms with Crippen molar-refractivity contribution in [3.63, 3.8) is 0 Å². The van der Waals surface area contributed by atoms with Crippen LogP contribution in [0, 0.1) is 0 Å². The number of halogens is 2. The molecule has 12 heteroatoms. The smallest absolute Gasteiger partial charge is 0.151 e. The van der Waals surface area contributed by atoms with Crippen molar-refractivity contribution in [1.82, 2.24) is 30.4 Å². The molecule has 0 saturated carbocycles. The van der Waals surface area contributed by atoms with Gasteiger partial charge in [0.2, 0.25) is 0 Å². The summed E-state index contributed by atoms with van der Waals surface area (Å²) in [6.45, 7) is 3.30. The maximum absolute atomic E-state index is 6.53. The molecule has 37 heavy (non-hydrogen) atoms. The van der Waals surface area contributed by atoms with Gasteiger partial charge in [0.25, 0.3) is 0 Å². The number of H-pyrrole nitrogens is 1. The predicted octanol–water partition coefficient (Wildman–Crippen LogP) is 5.08. The molecule has 0 radical (unpaired) electrons. The minimum atomic E-state index is -0.378. The normalized spacial score (nSPS) is 15.5. The van der Waals surface area contributed by atoms with Gasteiger partial charge in [-0.1, -0.05) is 23.2 Å². The molecule has 1 aromatic carbocycles. The molecule has 0 unspecified atom stereocenters. The summed E-state index contributed by atoms with van der Waals surface area (Å²) >= 11 is 14.2. The molecule has 4 aromatic heterocycles. The van der Waals surface area contributed by atoms with E-state index in [2.05, 4.69) is 35.3 Å². The maximum atomic E-state index is 6.53. The van der Waals surface area contributed by atoms with Gasteiger partial charge in [-0.15, -0.1) is 21.5 Å². The van der Waals surface area contributed by atoms with E-state index < -0.39 is 0 Å². The summed E-state index contributed by atoms with van der Waals surface area (Å²) in [6.07, 6.45) is 5.30. The van der Waals surface area contributed by atoms with Gasteiger partial charge in [0.1, 0.15) is 23.2 Å². The van der Waals surface area contributed by atoms with Gasteiger partial charge in [-0.3, -0.25) is 10.1 Å². The molecule has 0 aliphatic carbocycles. The Bertz CT molecular complexity index is 1530. The predicted molar refractivity (Wildman–Crippen MR) is 145 cm³/mol. The van der Waals surface area contributed by atoms with Crippen molar-refractivity contribution in [2.24, 2.45) is 5.73 Å². The van der Waals surface area contributed by atoms with Gasteiger partial charge in [-0.25, -0.2) is 4.98 Å². The molecule has 3 N–H and O–H groups in total. The molecule has 1 fully saturated rings.